The van der Waals surface area contributed by atoms with Gasteiger partial charge in [0.2, 0.25) is 0 Å². The Kier molecular flexibility index (Phi) is 5.65. The largest absolute Gasteiger partial charge is 0.497 e. The van der Waals surface area contributed by atoms with Crippen molar-refractivity contribution >= 4 is 26.5 Å². The third kappa shape index (κ3) is 3.62. The smallest absolute Gasteiger partial charge is 0.117 e. The molecule has 24 heavy (non-hydrogen) atoms. The van der Waals surface area contributed by atoms with Crippen molar-refractivity contribution in [1.82, 2.24) is 0 Å². The quantitative estimate of drug-likeness (QED) is 0.646. The number of benzene rings is 1. The van der Waals surface area contributed by atoms with Gasteiger partial charge in [0, 0.05) is 0 Å². The van der Waals surface area contributed by atoms with Crippen molar-refractivity contribution in [3.05, 3.63) is 40.6 Å². The van der Waals surface area contributed by atoms with Gasteiger partial charge in [-0.2, -0.15) is 0 Å². The molecule has 0 spiro atoms. The molecule has 0 amide bonds. The molecule has 0 heterocycles. The van der Waals surface area contributed by atoms with Crippen LogP contribution in [-0.4, -0.2) is 23.3 Å². The number of rotatable bonds is 6. The van der Waals surface area contributed by atoms with Crippen molar-refractivity contribution in [2.75, 3.05) is 7.11 Å². The van der Waals surface area contributed by atoms with Gasteiger partial charge in [0.25, 0.3) is 0 Å². The van der Waals surface area contributed by atoms with E-state index in [4.69, 9.17) is 4.74 Å². The molecule has 132 valence electrons. The van der Waals surface area contributed by atoms with Gasteiger partial charge in [-0.25, -0.2) is 0 Å². The zero-order valence-corrected chi connectivity index (χ0v) is 18.8. The maximum Gasteiger partial charge on any atom is 0.117 e. The van der Waals surface area contributed by atoms with Crippen LogP contribution in [0.1, 0.15) is 31.7 Å². The van der Waals surface area contributed by atoms with Gasteiger partial charge in [0.05, 0.1) is 15.2 Å². The van der Waals surface area contributed by atoms with E-state index in [0.29, 0.717) is 0 Å². The summed E-state index contributed by atoms with van der Waals surface area (Å²) < 4.78 is 6.03. The monoisotopic (exact) mass is 358 g/mol. The first-order chi connectivity index (χ1) is 11.1. The maximum absolute atomic E-state index is 6.03. The summed E-state index contributed by atoms with van der Waals surface area (Å²) in [4.78, 5) is 0. The third-order valence-corrected chi connectivity index (χ3v) is 11.0. The van der Waals surface area contributed by atoms with Crippen LogP contribution >= 0.6 is 0 Å². The van der Waals surface area contributed by atoms with Crippen LogP contribution in [0.3, 0.4) is 0 Å². The molecule has 0 aromatic heterocycles. The Hall–Kier alpha value is -1.07. The summed E-state index contributed by atoms with van der Waals surface area (Å²) in [7, 11) is -1.33. The minimum atomic E-state index is -1.74. The summed E-state index contributed by atoms with van der Waals surface area (Å²) >= 11 is 0. The fourth-order valence-corrected chi connectivity index (χ4v) is 8.95. The van der Waals surface area contributed by atoms with Crippen LogP contribution in [0.15, 0.2) is 35.1 Å². The Morgan fingerprint density at radius 1 is 1.04 bits per heavy atom. The summed E-state index contributed by atoms with van der Waals surface area (Å²) in [6, 6.07) is 4.77. The lowest BCUT2D eigenvalue weighted by atomic mass is 10.2. The van der Waals surface area contributed by atoms with Crippen molar-refractivity contribution in [2.45, 2.75) is 65.8 Å². The fraction of sp³-hybridized carbons (Fsp3) is 0.524. The summed E-state index contributed by atoms with van der Waals surface area (Å²) in [5.74, 6) is 1.19. The maximum atomic E-state index is 6.03. The van der Waals surface area contributed by atoms with Crippen LogP contribution < -0.4 is 15.1 Å². The van der Waals surface area contributed by atoms with Crippen molar-refractivity contribution in [2.24, 2.45) is 0 Å². The molecule has 0 saturated carbocycles. The Morgan fingerprint density at radius 2 is 1.67 bits per heavy atom. The Balaban J connectivity index is 2.67. The molecule has 0 N–H and O–H groups in total. The molecule has 1 nitrogen and oxygen atoms in total. The second-order valence-corrected chi connectivity index (χ2v) is 18.1. The molecule has 1 aromatic carbocycles. The van der Waals surface area contributed by atoms with Crippen LogP contribution in [0.5, 0.6) is 5.75 Å². The Bertz CT molecular complexity index is 676. The van der Waals surface area contributed by atoms with Crippen LogP contribution in [0.2, 0.25) is 32.7 Å². The minimum Gasteiger partial charge on any atom is -0.497 e. The number of hydrogen-bond donors (Lipinski definition) is 0. The predicted molar refractivity (Wildman–Crippen MR) is 114 cm³/mol. The van der Waals surface area contributed by atoms with Crippen molar-refractivity contribution in [3.63, 3.8) is 0 Å². The van der Waals surface area contributed by atoms with E-state index in [0.717, 1.165) is 6.42 Å². The van der Waals surface area contributed by atoms with Crippen LogP contribution in [0.25, 0.3) is 0 Å². The fourth-order valence-electron chi connectivity index (χ4n) is 3.89. The second-order valence-electron chi connectivity index (χ2n) is 8.63. The first-order valence-electron chi connectivity index (χ1n) is 9.21. The van der Waals surface area contributed by atoms with Gasteiger partial charge in [0.1, 0.15) is 13.8 Å². The van der Waals surface area contributed by atoms with E-state index in [1.807, 2.05) is 7.11 Å². The van der Waals surface area contributed by atoms with Gasteiger partial charge >= 0.3 is 0 Å². The second kappa shape index (κ2) is 7.05. The molecule has 0 aliphatic heterocycles. The number of hydrogen-bond acceptors (Lipinski definition) is 1. The van der Waals surface area contributed by atoms with Gasteiger partial charge < -0.3 is 4.74 Å². The molecule has 0 unspecified atom stereocenters. The Labute approximate surface area is 150 Å². The SMILES string of the molecule is CCCC1=C([Si](C)(C)c2cc(C)cc([Si](C)(C)C)c2OC)CC=C1. The van der Waals surface area contributed by atoms with E-state index < -0.39 is 16.1 Å². The van der Waals surface area contributed by atoms with Crippen LogP contribution in [0.4, 0.5) is 0 Å². The molecule has 1 aromatic rings. The standard InChI is InChI=1S/C21H34OSi2/c1-9-11-17-12-10-13-18(17)24(7,8)20-15-16(2)14-19(21(20)22-3)23(4,5)6/h10,12,14-15H,9,11,13H2,1-8H3. The average Bonchev–Trinajstić information content (AvgIpc) is 2.95. The van der Waals surface area contributed by atoms with Gasteiger partial charge in [0.15, 0.2) is 0 Å². The van der Waals surface area contributed by atoms with E-state index in [-0.39, 0.29) is 0 Å². The topological polar surface area (TPSA) is 9.23 Å². The molecule has 1 aliphatic carbocycles. The molecule has 0 atom stereocenters. The number of ether oxygens (including phenoxy) is 1. The summed E-state index contributed by atoms with van der Waals surface area (Å²) in [6.07, 6.45) is 8.29. The first-order valence-corrected chi connectivity index (χ1v) is 15.7. The molecule has 0 fully saturated rings. The highest BCUT2D eigenvalue weighted by atomic mass is 28.3. The van der Waals surface area contributed by atoms with E-state index in [1.165, 1.54) is 34.5 Å². The molecule has 1 aliphatic rings. The lowest BCUT2D eigenvalue weighted by Crippen LogP contribution is -2.50. The summed E-state index contributed by atoms with van der Waals surface area (Å²) in [6.45, 7) is 16.8. The highest BCUT2D eigenvalue weighted by Gasteiger charge is 2.36. The van der Waals surface area contributed by atoms with E-state index in [9.17, 15) is 0 Å². The number of methoxy groups -OCH3 is 1. The van der Waals surface area contributed by atoms with Crippen LogP contribution in [-0.2, 0) is 0 Å². The van der Waals surface area contributed by atoms with Crippen molar-refractivity contribution in [3.8, 4) is 5.75 Å². The van der Waals surface area contributed by atoms with Gasteiger partial charge in [-0.05, 0) is 30.1 Å². The molecule has 0 saturated heterocycles. The number of allylic oxidation sites excluding steroid dienone is 4. The van der Waals surface area contributed by atoms with Crippen LogP contribution in [0, 0.1) is 6.92 Å². The highest BCUT2D eigenvalue weighted by Crippen LogP contribution is 2.32. The zero-order valence-electron chi connectivity index (χ0n) is 16.8. The molecular formula is C21H34OSi2. The summed E-state index contributed by atoms with van der Waals surface area (Å²) in [5.41, 5.74) is 2.97. The van der Waals surface area contributed by atoms with Gasteiger partial charge in [-0.15, -0.1) is 0 Å². The van der Waals surface area contributed by atoms with E-state index in [2.05, 4.69) is 70.9 Å². The highest BCUT2D eigenvalue weighted by molar-refractivity contribution is 6.97. The Morgan fingerprint density at radius 3 is 2.21 bits per heavy atom. The molecular weight excluding hydrogens is 324 g/mol. The van der Waals surface area contributed by atoms with Gasteiger partial charge in [-0.3, -0.25) is 0 Å². The van der Waals surface area contributed by atoms with Crippen molar-refractivity contribution in [1.29, 1.82) is 0 Å². The van der Waals surface area contributed by atoms with Gasteiger partial charge in [-0.1, -0.05) is 86.7 Å². The number of aryl methyl sites for hydroxylation is 1. The first kappa shape index (κ1) is 19.3. The third-order valence-electron chi connectivity index (χ3n) is 5.22. The lowest BCUT2D eigenvalue weighted by molar-refractivity contribution is 0.421. The van der Waals surface area contributed by atoms with E-state index in [1.54, 1.807) is 10.8 Å². The lowest BCUT2D eigenvalue weighted by Gasteiger charge is -2.32. The minimum absolute atomic E-state index is 1.13. The predicted octanol–water partition coefficient (Wildman–Crippen LogP) is 5.06. The molecule has 0 radical (unpaired) electrons. The van der Waals surface area contributed by atoms with Crippen molar-refractivity contribution < 1.29 is 4.74 Å². The zero-order chi connectivity index (χ0) is 18.1. The van der Waals surface area contributed by atoms with E-state index >= 15 is 0 Å². The molecule has 2 rings (SSSR count). The molecule has 3 heteroatoms. The summed E-state index contributed by atoms with van der Waals surface area (Å²) in [5, 5.41) is 4.67. The molecule has 0 bridgehead atoms. The average molecular weight is 359 g/mol. The normalized spacial score (nSPS) is 15.3.